The second-order valence-corrected chi connectivity index (χ2v) is 9.07. The maximum absolute atomic E-state index is 12.9. The number of carbonyl (C=O) groups excluding carboxylic acids is 2. The third-order valence-electron chi connectivity index (χ3n) is 6.92. The van der Waals surface area contributed by atoms with Gasteiger partial charge in [0, 0.05) is 56.7 Å². The Morgan fingerprint density at radius 3 is 2.66 bits per heavy atom. The van der Waals surface area contributed by atoms with Crippen molar-refractivity contribution in [3.8, 4) is 0 Å². The fourth-order valence-corrected chi connectivity index (χ4v) is 5.17. The van der Waals surface area contributed by atoms with E-state index in [4.69, 9.17) is 4.98 Å². The molecule has 3 aliphatic rings. The predicted molar refractivity (Wildman–Crippen MR) is 122 cm³/mol. The molecule has 3 aliphatic heterocycles. The van der Waals surface area contributed by atoms with Crippen LogP contribution < -0.4 is 0 Å². The Morgan fingerprint density at radius 2 is 1.78 bits per heavy atom. The minimum atomic E-state index is -0.0693. The second kappa shape index (κ2) is 9.27. The van der Waals surface area contributed by atoms with E-state index in [0.29, 0.717) is 19.0 Å². The average molecular weight is 434 g/mol. The summed E-state index contributed by atoms with van der Waals surface area (Å²) in [7, 11) is 0. The van der Waals surface area contributed by atoms with Gasteiger partial charge in [-0.1, -0.05) is 30.3 Å². The van der Waals surface area contributed by atoms with Crippen LogP contribution >= 0.6 is 0 Å². The van der Waals surface area contributed by atoms with Gasteiger partial charge in [-0.2, -0.15) is 5.10 Å². The number of imidazole rings is 1. The quantitative estimate of drug-likeness (QED) is 0.726. The molecule has 168 valence electrons. The smallest absolute Gasteiger partial charge is 0.243 e. The molecule has 1 aromatic heterocycles. The van der Waals surface area contributed by atoms with E-state index >= 15 is 0 Å². The fraction of sp³-hybridized carbons (Fsp3) is 0.520. The monoisotopic (exact) mass is 433 g/mol. The van der Waals surface area contributed by atoms with Gasteiger partial charge in [-0.05, 0) is 37.7 Å². The highest BCUT2D eigenvalue weighted by Crippen LogP contribution is 2.29. The van der Waals surface area contributed by atoms with Gasteiger partial charge in [0.15, 0.2) is 0 Å². The Kier molecular flexibility index (Phi) is 6.06. The molecule has 0 aliphatic carbocycles. The van der Waals surface area contributed by atoms with Crippen molar-refractivity contribution < 1.29 is 9.59 Å². The van der Waals surface area contributed by atoms with Gasteiger partial charge in [-0.15, -0.1) is 0 Å². The van der Waals surface area contributed by atoms with Crippen LogP contribution in [0, 0.1) is 0 Å². The van der Waals surface area contributed by atoms with E-state index in [1.807, 2.05) is 41.4 Å². The van der Waals surface area contributed by atoms with Crippen molar-refractivity contribution in [2.45, 2.75) is 63.8 Å². The zero-order valence-electron chi connectivity index (χ0n) is 18.6. The number of benzene rings is 1. The molecule has 1 unspecified atom stereocenters. The van der Waals surface area contributed by atoms with Gasteiger partial charge in [0.2, 0.25) is 11.8 Å². The summed E-state index contributed by atoms with van der Waals surface area (Å²) in [6.07, 6.45) is 8.85. The molecule has 1 fully saturated rings. The van der Waals surface area contributed by atoms with E-state index in [2.05, 4.69) is 9.67 Å². The number of rotatable bonds is 5. The largest absolute Gasteiger partial charge is 0.342 e. The normalized spacial score (nSPS) is 20.8. The highest BCUT2D eigenvalue weighted by atomic mass is 16.2. The molecule has 0 spiro atoms. The Labute approximate surface area is 189 Å². The summed E-state index contributed by atoms with van der Waals surface area (Å²) in [5.74, 6) is 1.44. The number of nitrogens with zero attached hydrogens (tertiary/aromatic N) is 5. The number of hydrazone groups is 1. The molecule has 0 radical (unpaired) electrons. The van der Waals surface area contributed by atoms with Crippen LogP contribution in [0.1, 0.15) is 67.9 Å². The van der Waals surface area contributed by atoms with E-state index in [9.17, 15) is 9.59 Å². The number of likely N-dealkylation sites (tertiary alicyclic amines) is 1. The first-order chi connectivity index (χ1) is 15.7. The van der Waals surface area contributed by atoms with Crippen molar-refractivity contribution in [3.05, 3.63) is 53.6 Å². The molecule has 4 heterocycles. The lowest BCUT2D eigenvalue weighted by molar-refractivity contribution is -0.137. The molecular weight excluding hydrogens is 402 g/mol. The summed E-state index contributed by atoms with van der Waals surface area (Å²) in [4.78, 5) is 32.2. The summed E-state index contributed by atoms with van der Waals surface area (Å²) in [6, 6.07) is 9.96. The fourth-order valence-electron chi connectivity index (χ4n) is 5.17. The molecule has 0 bridgehead atoms. The molecule has 2 aromatic rings. The number of piperidine rings is 1. The minimum absolute atomic E-state index is 0.0693. The van der Waals surface area contributed by atoms with Gasteiger partial charge < -0.3 is 9.47 Å². The number of fused-ring (bicyclic) bond motifs is 1. The standard InChI is InChI=1S/C25H31N5O2/c31-23(11-12-24(32)30-16-13-22(27-30)19-7-2-1-3-8-19)28-14-6-9-20(18-28)25-26-17-21-10-4-5-15-29(21)25/h1-3,7-8,17,20H,4-6,9-16,18H2. The molecule has 1 atom stereocenters. The first kappa shape index (κ1) is 20.9. The number of amides is 2. The lowest BCUT2D eigenvalue weighted by atomic mass is 9.96. The Balaban J connectivity index is 1.15. The summed E-state index contributed by atoms with van der Waals surface area (Å²) < 4.78 is 2.38. The minimum Gasteiger partial charge on any atom is -0.342 e. The summed E-state index contributed by atoms with van der Waals surface area (Å²) >= 11 is 0. The van der Waals surface area contributed by atoms with Crippen molar-refractivity contribution in [2.75, 3.05) is 19.6 Å². The molecule has 7 heteroatoms. The summed E-state index contributed by atoms with van der Waals surface area (Å²) in [5.41, 5.74) is 3.33. The van der Waals surface area contributed by atoms with Gasteiger partial charge in [0.05, 0.1) is 12.3 Å². The lowest BCUT2D eigenvalue weighted by Crippen LogP contribution is -2.40. The molecule has 7 nitrogen and oxygen atoms in total. The number of carbonyl (C=O) groups is 2. The molecule has 1 aromatic carbocycles. The Morgan fingerprint density at radius 1 is 0.938 bits per heavy atom. The van der Waals surface area contributed by atoms with Crippen LogP contribution in [0.15, 0.2) is 41.6 Å². The number of hydrogen-bond donors (Lipinski definition) is 0. The third kappa shape index (κ3) is 4.33. The zero-order valence-corrected chi connectivity index (χ0v) is 18.6. The Bertz CT molecular complexity index is 1010. The van der Waals surface area contributed by atoms with E-state index in [1.165, 1.54) is 23.5 Å². The van der Waals surface area contributed by atoms with E-state index < -0.39 is 0 Å². The third-order valence-corrected chi connectivity index (χ3v) is 6.92. The molecule has 2 amide bonds. The first-order valence-electron chi connectivity index (χ1n) is 11.9. The van der Waals surface area contributed by atoms with Gasteiger partial charge in [0.25, 0.3) is 0 Å². The van der Waals surface area contributed by atoms with Crippen LogP contribution in [0.4, 0.5) is 0 Å². The van der Waals surface area contributed by atoms with Crippen molar-refractivity contribution in [2.24, 2.45) is 5.10 Å². The molecule has 5 rings (SSSR count). The van der Waals surface area contributed by atoms with Gasteiger partial charge in [-0.25, -0.2) is 9.99 Å². The maximum atomic E-state index is 12.9. The van der Waals surface area contributed by atoms with Crippen molar-refractivity contribution in [1.82, 2.24) is 19.5 Å². The highest BCUT2D eigenvalue weighted by Gasteiger charge is 2.29. The van der Waals surface area contributed by atoms with Crippen molar-refractivity contribution >= 4 is 17.5 Å². The maximum Gasteiger partial charge on any atom is 0.243 e. The zero-order chi connectivity index (χ0) is 21.9. The van der Waals surface area contributed by atoms with Crippen molar-refractivity contribution in [1.29, 1.82) is 0 Å². The highest BCUT2D eigenvalue weighted by molar-refractivity contribution is 6.02. The van der Waals surface area contributed by atoms with E-state index in [-0.39, 0.29) is 24.7 Å². The van der Waals surface area contributed by atoms with Crippen LogP contribution in [0.5, 0.6) is 0 Å². The average Bonchev–Trinajstić information content (AvgIpc) is 3.51. The summed E-state index contributed by atoms with van der Waals surface area (Å²) in [6.45, 7) is 3.12. The van der Waals surface area contributed by atoms with Gasteiger partial charge in [-0.3, -0.25) is 9.59 Å². The first-order valence-corrected chi connectivity index (χ1v) is 11.9. The predicted octanol–water partition coefficient (Wildman–Crippen LogP) is 3.34. The van der Waals surface area contributed by atoms with E-state index in [1.54, 1.807) is 0 Å². The summed E-state index contributed by atoms with van der Waals surface area (Å²) in [5, 5.41) is 6.03. The SMILES string of the molecule is O=C(CCC(=O)N1CCC(c2ccccc2)=N1)N1CCCC(c2ncc3n2CCCC3)C1. The molecule has 32 heavy (non-hydrogen) atoms. The second-order valence-electron chi connectivity index (χ2n) is 9.07. The van der Waals surface area contributed by atoms with Crippen molar-refractivity contribution in [3.63, 3.8) is 0 Å². The Hall–Kier alpha value is -2.96. The number of aryl methyl sites for hydroxylation is 1. The number of aromatic nitrogens is 2. The molecule has 1 saturated heterocycles. The van der Waals surface area contributed by atoms with Crippen LogP contribution in [-0.2, 0) is 22.6 Å². The lowest BCUT2D eigenvalue weighted by Gasteiger charge is -2.33. The van der Waals surface area contributed by atoms with Crippen LogP contribution in [0.3, 0.4) is 0 Å². The van der Waals surface area contributed by atoms with Crippen LogP contribution in [-0.4, -0.2) is 56.6 Å². The van der Waals surface area contributed by atoms with Crippen LogP contribution in [0.25, 0.3) is 0 Å². The molecule has 0 N–H and O–H groups in total. The van der Waals surface area contributed by atoms with Gasteiger partial charge in [0.1, 0.15) is 5.82 Å². The van der Waals surface area contributed by atoms with E-state index in [0.717, 1.165) is 55.9 Å². The topological polar surface area (TPSA) is 70.8 Å². The van der Waals surface area contributed by atoms with Gasteiger partial charge >= 0.3 is 0 Å². The molecular formula is C25H31N5O2. The number of hydrogen-bond acceptors (Lipinski definition) is 4. The molecule has 0 saturated carbocycles. The van der Waals surface area contributed by atoms with Crippen LogP contribution in [0.2, 0.25) is 0 Å².